The number of carbonyl (C=O) groups excluding carboxylic acids is 2. The van der Waals surface area contributed by atoms with Gasteiger partial charge in [0.1, 0.15) is 0 Å². The summed E-state index contributed by atoms with van der Waals surface area (Å²) in [5.74, 6) is 1.14. The Morgan fingerprint density at radius 2 is 0.907 bits per heavy atom. The summed E-state index contributed by atoms with van der Waals surface area (Å²) in [5, 5.41) is 9.66. The maximum atomic E-state index is 9.38. The number of rotatable bonds is 8. The first kappa shape index (κ1) is 45.0. The molecule has 54 heavy (non-hydrogen) atoms. The molecule has 281 valence electrons. The van der Waals surface area contributed by atoms with Crippen LogP contribution < -0.4 is 10.5 Å². The summed E-state index contributed by atoms with van der Waals surface area (Å²) < 4.78 is 0. The molecule has 0 bridgehead atoms. The molecule has 0 spiro atoms. The van der Waals surface area contributed by atoms with Crippen LogP contribution in [0.5, 0.6) is 0 Å². The molecule has 0 aromatic heterocycles. The van der Waals surface area contributed by atoms with Crippen LogP contribution in [0.1, 0.15) is 103 Å². The van der Waals surface area contributed by atoms with Gasteiger partial charge >= 0.3 is 45.4 Å². The van der Waals surface area contributed by atoms with Crippen molar-refractivity contribution in [1.82, 2.24) is 10.5 Å². The zero-order valence-corrected chi connectivity index (χ0v) is 37.3. The van der Waals surface area contributed by atoms with Crippen LogP contribution in [0, 0.1) is 0 Å². The first-order valence-corrected chi connectivity index (χ1v) is 24.7. The fourth-order valence-corrected chi connectivity index (χ4v) is 6.51. The van der Waals surface area contributed by atoms with Crippen LogP contribution in [0.25, 0.3) is 43.8 Å². The molecule has 6 aromatic carbocycles. The Bertz CT molecular complexity index is 1940. The molecule has 0 saturated carbocycles. The molecular weight excluding hydrogens is 785 g/mol. The number of halogens is 2. The molecule has 6 rings (SSSR count). The van der Waals surface area contributed by atoms with Crippen molar-refractivity contribution in [3.05, 3.63) is 131 Å². The number of fused-ring (bicyclic) bond motifs is 2. The van der Waals surface area contributed by atoms with Gasteiger partial charge < -0.3 is 10.5 Å². The quantitative estimate of drug-likeness (QED) is 0.0694. The molecule has 1 radical (unpaired) electrons. The van der Waals surface area contributed by atoms with E-state index in [1.807, 2.05) is 0 Å². The van der Waals surface area contributed by atoms with Crippen LogP contribution in [-0.2, 0) is 41.3 Å². The van der Waals surface area contributed by atoms with Gasteiger partial charge in [-0.2, -0.15) is 12.1 Å². The van der Waals surface area contributed by atoms with Gasteiger partial charge in [-0.05, 0) is 44.9 Å². The van der Waals surface area contributed by atoms with Gasteiger partial charge in [0.05, 0.1) is 0 Å². The van der Waals surface area contributed by atoms with Crippen molar-refractivity contribution in [3.63, 3.8) is 0 Å². The fraction of sp³-hybridized carbons (Fsp3) is 0.304. The summed E-state index contributed by atoms with van der Waals surface area (Å²) in [4.78, 5) is 18.8. The third-order valence-corrected chi connectivity index (χ3v) is 9.23. The van der Waals surface area contributed by atoms with E-state index in [9.17, 15) is 9.59 Å². The second-order valence-electron chi connectivity index (χ2n) is 15.9. The Labute approximate surface area is 343 Å². The molecule has 0 aliphatic rings. The van der Waals surface area contributed by atoms with E-state index in [-0.39, 0.29) is 10.8 Å². The topological polar surface area (TPSA) is 58.2 Å². The average Bonchev–Trinajstić information content (AvgIpc) is 3.78. The molecule has 6 aromatic rings. The summed E-state index contributed by atoms with van der Waals surface area (Å²) in [6, 6.07) is 40.4. The first-order chi connectivity index (χ1) is 25.6. The van der Waals surface area contributed by atoms with Crippen LogP contribution in [0.15, 0.2) is 109 Å². The number of amides is 2. The van der Waals surface area contributed by atoms with Crippen molar-refractivity contribution in [1.29, 1.82) is 0 Å². The SMILES string of the molecule is CC(C)c1cc2c(-c3ccccc3C(C)(C)C)cccc2[cH-]1.CC(C)c1cc2c(-c3ccccc3C(C)(C)C)cccc2[cH-]1.O=CN[B]NC=O.[Cl][Zr+2][Cl]. The second kappa shape index (κ2) is 21.0. The molecule has 0 saturated heterocycles. The Kier molecular flexibility index (Phi) is 17.5. The average molecular weight is 840 g/mol. The number of carbonyl (C=O) groups is 2. The van der Waals surface area contributed by atoms with Crippen molar-refractivity contribution < 1.29 is 30.4 Å². The number of hydrogen-bond acceptors (Lipinski definition) is 2. The van der Waals surface area contributed by atoms with E-state index < -0.39 is 20.8 Å². The molecule has 2 N–H and O–H groups in total. The predicted molar refractivity (Wildman–Crippen MR) is 231 cm³/mol. The fourth-order valence-electron chi connectivity index (χ4n) is 6.51. The van der Waals surface area contributed by atoms with Gasteiger partial charge in [0, 0.05) is 0 Å². The van der Waals surface area contributed by atoms with Crippen LogP contribution in [0.4, 0.5) is 0 Å². The normalized spacial score (nSPS) is 11.0. The Morgan fingerprint density at radius 3 is 1.22 bits per heavy atom. The molecule has 8 heteroatoms. The molecular formula is C46H54BCl2N2O2Zr. The van der Waals surface area contributed by atoms with E-state index in [4.69, 9.17) is 17.0 Å². The molecule has 2 amide bonds. The van der Waals surface area contributed by atoms with Crippen molar-refractivity contribution in [2.45, 2.75) is 91.9 Å². The van der Waals surface area contributed by atoms with Crippen LogP contribution >= 0.6 is 17.0 Å². The van der Waals surface area contributed by atoms with Crippen molar-refractivity contribution in [3.8, 4) is 22.3 Å². The van der Waals surface area contributed by atoms with E-state index in [0.29, 0.717) is 24.7 Å². The molecule has 4 nitrogen and oxygen atoms in total. The van der Waals surface area contributed by atoms with Crippen LogP contribution in [-0.4, -0.2) is 20.4 Å². The Morgan fingerprint density at radius 1 is 0.574 bits per heavy atom. The van der Waals surface area contributed by atoms with Gasteiger partial charge in [0.2, 0.25) is 0 Å². The minimum atomic E-state index is -0.826. The molecule has 0 fully saturated rings. The zero-order valence-electron chi connectivity index (χ0n) is 33.4. The molecule has 0 unspecified atom stereocenters. The molecule has 0 atom stereocenters. The van der Waals surface area contributed by atoms with Gasteiger partial charge in [-0.15, -0.1) is 69.1 Å². The molecule has 0 aliphatic heterocycles. The van der Waals surface area contributed by atoms with E-state index in [0.717, 1.165) is 7.55 Å². The summed E-state index contributed by atoms with van der Waals surface area (Å²) in [5.41, 5.74) is 11.4. The van der Waals surface area contributed by atoms with E-state index in [2.05, 4.69) is 189 Å². The van der Waals surface area contributed by atoms with Crippen molar-refractivity contribution in [2.24, 2.45) is 0 Å². The van der Waals surface area contributed by atoms with Gasteiger partial charge in [-0.3, -0.25) is 9.59 Å². The van der Waals surface area contributed by atoms with Gasteiger partial charge in [-0.25, -0.2) is 0 Å². The summed E-state index contributed by atoms with van der Waals surface area (Å²) in [6.45, 7) is 22.8. The number of benzene rings is 4. The van der Waals surface area contributed by atoms with Gasteiger partial charge in [-0.1, -0.05) is 141 Å². The van der Waals surface area contributed by atoms with Gasteiger partial charge in [0.25, 0.3) is 0 Å². The summed E-state index contributed by atoms with van der Waals surface area (Å²) >= 11 is -0.826. The van der Waals surface area contributed by atoms with Crippen molar-refractivity contribution in [2.75, 3.05) is 0 Å². The number of hydrogen-bond donors (Lipinski definition) is 2. The van der Waals surface area contributed by atoms with E-state index in [1.165, 1.54) is 66.1 Å². The standard InChI is InChI=1S/2C22H25.C2H4BN2O2.2ClH.Zr/c2*1-15(2)17-13-16-9-8-11-18(20(16)14-17)19-10-6-7-12-21(19)22(3,4)5;6-1-4-3-5-2-7;;;/h2*6-15H,1-5H3;1-2H,(H,4,6)(H,5,7);2*1H;/q2*-1;;;;+4/p-2. The summed E-state index contributed by atoms with van der Waals surface area (Å²) in [6.07, 6.45) is 0.910. The first-order valence-electron chi connectivity index (χ1n) is 18.3. The molecule has 0 aliphatic carbocycles. The third kappa shape index (κ3) is 12.3. The second-order valence-corrected chi connectivity index (χ2v) is 19.6. The molecule has 0 heterocycles. The Hall–Kier alpha value is -3.43. The van der Waals surface area contributed by atoms with Crippen molar-refractivity contribution >= 4 is 58.9 Å². The third-order valence-electron chi connectivity index (χ3n) is 9.23. The van der Waals surface area contributed by atoms with Crippen LogP contribution in [0.3, 0.4) is 0 Å². The van der Waals surface area contributed by atoms with E-state index >= 15 is 0 Å². The Balaban J connectivity index is 0.000000233. The monoisotopic (exact) mass is 837 g/mol. The maximum absolute atomic E-state index is 9.38. The number of nitrogens with one attached hydrogen (secondary N) is 2. The van der Waals surface area contributed by atoms with Gasteiger partial charge in [0.15, 0.2) is 12.8 Å². The predicted octanol–water partition coefficient (Wildman–Crippen LogP) is 12.7. The summed E-state index contributed by atoms with van der Waals surface area (Å²) in [7, 11) is 11.0. The van der Waals surface area contributed by atoms with Crippen LogP contribution in [0.2, 0.25) is 0 Å². The zero-order chi connectivity index (χ0) is 40.1. The van der Waals surface area contributed by atoms with E-state index in [1.54, 1.807) is 0 Å². The minimum absolute atomic E-state index is 0.145.